The molecule has 1 heterocycles. The molecule has 2 aliphatic rings. The van der Waals surface area contributed by atoms with Gasteiger partial charge in [0.15, 0.2) is 0 Å². The Kier molecular flexibility index (Phi) is 5.01. The van der Waals surface area contributed by atoms with E-state index in [1.807, 2.05) is 0 Å². The Morgan fingerprint density at radius 2 is 2.11 bits per heavy atom. The van der Waals surface area contributed by atoms with Crippen molar-refractivity contribution < 1.29 is 14.6 Å². The van der Waals surface area contributed by atoms with Crippen LogP contribution in [0.25, 0.3) is 0 Å². The Morgan fingerprint density at radius 1 is 1.33 bits per heavy atom. The third-order valence-corrected chi connectivity index (χ3v) is 4.36. The number of aliphatic hydroxyl groups is 1. The van der Waals surface area contributed by atoms with Crippen LogP contribution >= 0.6 is 0 Å². The minimum atomic E-state index is -0.235. The number of amides is 1. The van der Waals surface area contributed by atoms with Crippen LogP contribution in [0.4, 0.5) is 0 Å². The summed E-state index contributed by atoms with van der Waals surface area (Å²) in [5.74, 6) is 0.359. The molecular weight excluding hydrogens is 230 g/mol. The first-order valence-electron chi connectivity index (χ1n) is 7.29. The summed E-state index contributed by atoms with van der Waals surface area (Å²) in [6.45, 7) is 3.37. The molecule has 4 heteroatoms. The third kappa shape index (κ3) is 3.23. The fourth-order valence-electron chi connectivity index (χ4n) is 3.14. The molecule has 0 radical (unpaired) electrons. The van der Waals surface area contributed by atoms with Gasteiger partial charge in [-0.15, -0.1) is 0 Å². The first kappa shape index (κ1) is 13.8. The highest BCUT2D eigenvalue weighted by Gasteiger charge is 2.33. The summed E-state index contributed by atoms with van der Waals surface area (Å²) in [4.78, 5) is 12.1. The predicted octanol–water partition coefficient (Wildman–Crippen LogP) is 1.47. The fourth-order valence-corrected chi connectivity index (χ4v) is 3.14. The second-order valence-corrected chi connectivity index (χ2v) is 5.57. The molecule has 2 rings (SSSR count). The van der Waals surface area contributed by atoms with Gasteiger partial charge in [0.05, 0.1) is 18.1 Å². The van der Waals surface area contributed by atoms with E-state index < -0.39 is 0 Å². The lowest BCUT2D eigenvalue weighted by Crippen LogP contribution is -2.41. The van der Waals surface area contributed by atoms with E-state index >= 15 is 0 Å². The van der Waals surface area contributed by atoms with Crippen LogP contribution in [-0.2, 0) is 9.53 Å². The SMILES string of the molecule is CCC1OCCC1C(=O)NCC1CCCCC1O. The molecule has 0 aromatic heterocycles. The number of ether oxygens (including phenoxy) is 1. The highest BCUT2D eigenvalue weighted by molar-refractivity contribution is 5.79. The Morgan fingerprint density at radius 3 is 2.83 bits per heavy atom. The van der Waals surface area contributed by atoms with E-state index in [4.69, 9.17) is 4.74 Å². The van der Waals surface area contributed by atoms with Crippen molar-refractivity contribution in [2.75, 3.05) is 13.2 Å². The van der Waals surface area contributed by atoms with Gasteiger partial charge in [0.1, 0.15) is 0 Å². The Hall–Kier alpha value is -0.610. The molecule has 18 heavy (non-hydrogen) atoms. The number of carbonyl (C=O) groups is 1. The van der Waals surface area contributed by atoms with Crippen LogP contribution < -0.4 is 5.32 Å². The van der Waals surface area contributed by atoms with Crippen molar-refractivity contribution in [1.29, 1.82) is 0 Å². The first-order chi connectivity index (χ1) is 8.72. The van der Waals surface area contributed by atoms with E-state index in [0.29, 0.717) is 13.2 Å². The zero-order chi connectivity index (χ0) is 13.0. The molecule has 0 aromatic carbocycles. The molecule has 2 N–H and O–H groups in total. The maximum atomic E-state index is 12.1. The maximum absolute atomic E-state index is 12.1. The van der Waals surface area contributed by atoms with Gasteiger partial charge in [-0.05, 0) is 25.7 Å². The molecule has 4 unspecified atom stereocenters. The molecule has 4 atom stereocenters. The molecule has 1 aliphatic carbocycles. The molecule has 0 spiro atoms. The molecular formula is C14H25NO3. The molecule has 1 amide bonds. The summed E-state index contributed by atoms with van der Waals surface area (Å²) in [5, 5.41) is 12.9. The monoisotopic (exact) mass is 255 g/mol. The summed E-state index contributed by atoms with van der Waals surface area (Å²) >= 11 is 0. The largest absolute Gasteiger partial charge is 0.393 e. The van der Waals surface area contributed by atoms with E-state index in [2.05, 4.69) is 12.2 Å². The van der Waals surface area contributed by atoms with E-state index in [0.717, 1.165) is 32.1 Å². The van der Waals surface area contributed by atoms with Crippen LogP contribution in [0.1, 0.15) is 45.4 Å². The van der Waals surface area contributed by atoms with Gasteiger partial charge in [-0.25, -0.2) is 0 Å². The van der Waals surface area contributed by atoms with Gasteiger partial charge in [0.2, 0.25) is 5.91 Å². The number of hydrogen-bond donors (Lipinski definition) is 2. The van der Waals surface area contributed by atoms with Gasteiger partial charge in [-0.2, -0.15) is 0 Å². The van der Waals surface area contributed by atoms with Gasteiger partial charge in [-0.3, -0.25) is 4.79 Å². The average Bonchev–Trinajstić information content (AvgIpc) is 2.86. The van der Waals surface area contributed by atoms with Crippen LogP contribution in [0.3, 0.4) is 0 Å². The van der Waals surface area contributed by atoms with Gasteiger partial charge >= 0.3 is 0 Å². The fraction of sp³-hybridized carbons (Fsp3) is 0.929. The second-order valence-electron chi connectivity index (χ2n) is 5.57. The zero-order valence-electron chi connectivity index (χ0n) is 11.2. The summed E-state index contributed by atoms with van der Waals surface area (Å²) in [5.41, 5.74) is 0. The van der Waals surface area contributed by atoms with Crippen molar-refractivity contribution in [1.82, 2.24) is 5.32 Å². The van der Waals surface area contributed by atoms with Crippen LogP contribution in [0, 0.1) is 11.8 Å². The topological polar surface area (TPSA) is 58.6 Å². The Labute approximate surface area is 109 Å². The molecule has 1 saturated carbocycles. The molecule has 4 nitrogen and oxygen atoms in total. The highest BCUT2D eigenvalue weighted by atomic mass is 16.5. The van der Waals surface area contributed by atoms with Crippen molar-refractivity contribution in [2.24, 2.45) is 11.8 Å². The molecule has 1 saturated heterocycles. The van der Waals surface area contributed by atoms with E-state index in [1.54, 1.807) is 0 Å². The maximum Gasteiger partial charge on any atom is 0.225 e. The Bertz CT molecular complexity index is 282. The quantitative estimate of drug-likeness (QED) is 0.799. The summed E-state index contributed by atoms with van der Waals surface area (Å²) in [6.07, 6.45) is 5.76. The van der Waals surface area contributed by atoms with Crippen LogP contribution in [0.5, 0.6) is 0 Å². The standard InChI is InChI=1S/C14H25NO3/c1-2-13-11(7-8-18-13)14(17)15-9-10-5-3-4-6-12(10)16/h10-13,16H,2-9H2,1H3,(H,15,17). The molecule has 1 aliphatic heterocycles. The van der Waals surface area contributed by atoms with E-state index in [1.165, 1.54) is 6.42 Å². The van der Waals surface area contributed by atoms with E-state index in [-0.39, 0.29) is 30.0 Å². The minimum absolute atomic E-state index is 0.00994. The summed E-state index contributed by atoms with van der Waals surface area (Å²) in [6, 6.07) is 0. The van der Waals surface area contributed by atoms with Gasteiger partial charge < -0.3 is 15.2 Å². The van der Waals surface area contributed by atoms with Gasteiger partial charge in [0, 0.05) is 19.1 Å². The first-order valence-corrected chi connectivity index (χ1v) is 7.29. The number of hydrogen-bond acceptors (Lipinski definition) is 3. The van der Waals surface area contributed by atoms with Crippen molar-refractivity contribution in [2.45, 2.75) is 57.7 Å². The van der Waals surface area contributed by atoms with Crippen molar-refractivity contribution in [3.05, 3.63) is 0 Å². The lowest BCUT2D eigenvalue weighted by Gasteiger charge is -2.28. The normalized spacial score (nSPS) is 36.6. The van der Waals surface area contributed by atoms with Crippen LogP contribution in [0.2, 0.25) is 0 Å². The minimum Gasteiger partial charge on any atom is -0.393 e. The van der Waals surface area contributed by atoms with Crippen molar-refractivity contribution in [3.8, 4) is 0 Å². The molecule has 104 valence electrons. The van der Waals surface area contributed by atoms with Gasteiger partial charge in [0.25, 0.3) is 0 Å². The van der Waals surface area contributed by atoms with Gasteiger partial charge in [-0.1, -0.05) is 19.8 Å². The van der Waals surface area contributed by atoms with Crippen LogP contribution in [-0.4, -0.2) is 36.4 Å². The molecule has 2 fully saturated rings. The average molecular weight is 255 g/mol. The van der Waals surface area contributed by atoms with Crippen molar-refractivity contribution >= 4 is 5.91 Å². The molecule has 0 aromatic rings. The summed E-state index contributed by atoms with van der Waals surface area (Å²) < 4.78 is 5.54. The smallest absolute Gasteiger partial charge is 0.225 e. The number of nitrogens with one attached hydrogen (secondary N) is 1. The molecule has 0 bridgehead atoms. The Balaban J connectivity index is 1.77. The predicted molar refractivity (Wildman–Crippen MR) is 69.1 cm³/mol. The zero-order valence-corrected chi connectivity index (χ0v) is 11.2. The third-order valence-electron chi connectivity index (χ3n) is 4.36. The van der Waals surface area contributed by atoms with Crippen LogP contribution in [0.15, 0.2) is 0 Å². The van der Waals surface area contributed by atoms with Crippen molar-refractivity contribution in [3.63, 3.8) is 0 Å². The number of carbonyl (C=O) groups excluding carboxylic acids is 1. The number of aliphatic hydroxyl groups excluding tert-OH is 1. The highest BCUT2D eigenvalue weighted by Crippen LogP contribution is 2.25. The second kappa shape index (κ2) is 6.53. The lowest BCUT2D eigenvalue weighted by molar-refractivity contribution is -0.127. The summed E-state index contributed by atoms with van der Waals surface area (Å²) in [7, 11) is 0. The lowest BCUT2D eigenvalue weighted by atomic mass is 9.86. The van der Waals surface area contributed by atoms with E-state index in [9.17, 15) is 9.90 Å². The number of rotatable bonds is 4.